The van der Waals surface area contributed by atoms with Crippen LogP contribution in [-0.4, -0.2) is 20.5 Å². The zero-order chi connectivity index (χ0) is 18.6. The van der Waals surface area contributed by atoms with Gasteiger partial charge in [0, 0.05) is 17.4 Å². The van der Waals surface area contributed by atoms with Crippen LogP contribution in [0.3, 0.4) is 0 Å². The zero-order valence-corrected chi connectivity index (χ0v) is 15.6. The first-order valence-corrected chi connectivity index (χ1v) is 9.64. The normalized spacial score (nSPS) is 11.2. The molecule has 0 unspecified atom stereocenters. The van der Waals surface area contributed by atoms with Crippen LogP contribution in [0.15, 0.2) is 78.0 Å². The Labute approximate surface area is 157 Å². The molecule has 0 aliphatic carbocycles. The maximum atomic E-state index is 13.2. The van der Waals surface area contributed by atoms with Gasteiger partial charge in [-0.15, -0.1) is 0 Å². The smallest absolute Gasteiger partial charge is 0.264 e. The molecular formula is C19H17ClN2O3S. The average molecular weight is 389 g/mol. The van der Waals surface area contributed by atoms with Gasteiger partial charge in [0.1, 0.15) is 5.75 Å². The molecule has 0 N–H and O–H groups in total. The lowest BCUT2D eigenvalue weighted by molar-refractivity contribution is 0.415. The minimum absolute atomic E-state index is 0.158. The van der Waals surface area contributed by atoms with Gasteiger partial charge in [-0.25, -0.2) is 8.42 Å². The van der Waals surface area contributed by atoms with Crippen LogP contribution in [0, 0.1) is 0 Å². The number of pyridine rings is 1. The molecule has 0 radical (unpaired) electrons. The summed E-state index contributed by atoms with van der Waals surface area (Å²) in [6.45, 7) is 0.158. The van der Waals surface area contributed by atoms with Crippen molar-refractivity contribution in [2.24, 2.45) is 0 Å². The van der Waals surface area contributed by atoms with Crippen molar-refractivity contribution in [2.75, 3.05) is 11.4 Å². The molecular weight excluding hydrogens is 372 g/mol. The number of hydrogen-bond donors (Lipinski definition) is 0. The molecule has 0 aliphatic heterocycles. The molecule has 0 aliphatic rings. The molecule has 3 rings (SSSR count). The third kappa shape index (κ3) is 3.98. The van der Waals surface area contributed by atoms with E-state index in [2.05, 4.69) is 4.98 Å². The van der Waals surface area contributed by atoms with Crippen molar-refractivity contribution in [3.8, 4) is 5.75 Å². The van der Waals surface area contributed by atoms with E-state index in [0.717, 1.165) is 5.56 Å². The van der Waals surface area contributed by atoms with Gasteiger partial charge in [-0.1, -0.05) is 17.7 Å². The van der Waals surface area contributed by atoms with Gasteiger partial charge in [0.25, 0.3) is 10.0 Å². The first-order chi connectivity index (χ1) is 12.5. The fraction of sp³-hybridized carbons (Fsp3) is 0.105. The van der Waals surface area contributed by atoms with Crippen molar-refractivity contribution in [1.29, 1.82) is 0 Å². The summed E-state index contributed by atoms with van der Waals surface area (Å²) in [6.07, 6.45) is 3.29. The molecule has 0 spiro atoms. The SMILES string of the molecule is COc1ccc(N(Cc2cccnc2)S(=O)(=O)c2ccc(Cl)cc2)cc1. The maximum Gasteiger partial charge on any atom is 0.264 e. The number of ether oxygens (including phenoxy) is 1. The molecule has 1 heterocycles. The summed E-state index contributed by atoms with van der Waals surface area (Å²) in [4.78, 5) is 4.23. The second kappa shape index (κ2) is 7.76. The first kappa shape index (κ1) is 18.2. The van der Waals surface area contributed by atoms with Crippen LogP contribution in [0.2, 0.25) is 5.02 Å². The minimum Gasteiger partial charge on any atom is -0.497 e. The van der Waals surface area contributed by atoms with Crippen LogP contribution in [-0.2, 0) is 16.6 Å². The van der Waals surface area contributed by atoms with Gasteiger partial charge in [-0.05, 0) is 60.2 Å². The van der Waals surface area contributed by atoms with E-state index in [1.807, 2.05) is 6.07 Å². The second-order valence-electron chi connectivity index (χ2n) is 5.52. The molecule has 3 aromatic rings. The number of rotatable bonds is 6. The number of halogens is 1. The van der Waals surface area contributed by atoms with Gasteiger partial charge in [-0.3, -0.25) is 9.29 Å². The van der Waals surface area contributed by atoms with Gasteiger partial charge in [0.15, 0.2) is 0 Å². The molecule has 2 aromatic carbocycles. The van der Waals surface area contributed by atoms with Crippen LogP contribution in [0.5, 0.6) is 5.75 Å². The molecule has 7 heteroatoms. The molecule has 0 atom stereocenters. The Morgan fingerprint density at radius 3 is 2.31 bits per heavy atom. The Hall–Kier alpha value is -2.57. The van der Waals surface area contributed by atoms with E-state index in [0.29, 0.717) is 16.5 Å². The van der Waals surface area contributed by atoms with Crippen molar-refractivity contribution >= 4 is 27.3 Å². The molecule has 26 heavy (non-hydrogen) atoms. The standard InChI is InChI=1S/C19H17ClN2O3S/c1-25-18-8-6-17(7-9-18)22(14-15-3-2-12-21-13-15)26(23,24)19-10-4-16(20)5-11-19/h2-13H,14H2,1H3. The lowest BCUT2D eigenvalue weighted by Crippen LogP contribution is -2.30. The van der Waals surface area contributed by atoms with E-state index in [9.17, 15) is 8.42 Å². The summed E-state index contributed by atoms with van der Waals surface area (Å²) >= 11 is 5.89. The highest BCUT2D eigenvalue weighted by atomic mass is 35.5. The van der Waals surface area contributed by atoms with Gasteiger partial charge in [0.2, 0.25) is 0 Å². The van der Waals surface area contributed by atoms with Gasteiger partial charge in [-0.2, -0.15) is 0 Å². The molecule has 134 valence electrons. The zero-order valence-electron chi connectivity index (χ0n) is 14.0. The maximum absolute atomic E-state index is 13.2. The molecule has 0 saturated carbocycles. The van der Waals surface area contributed by atoms with Crippen molar-refractivity contribution in [3.05, 3.63) is 83.6 Å². The Morgan fingerprint density at radius 1 is 1.04 bits per heavy atom. The highest BCUT2D eigenvalue weighted by molar-refractivity contribution is 7.92. The molecule has 0 fully saturated rings. The van der Waals surface area contributed by atoms with Crippen molar-refractivity contribution in [2.45, 2.75) is 11.4 Å². The van der Waals surface area contributed by atoms with Crippen LogP contribution in [0.4, 0.5) is 5.69 Å². The molecule has 0 saturated heterocycles. The monoisotopic (exact) mass is 388 g/mol. The Morgan fingerprint density at radius 2 is 1.73 bits per heavy atom. The number of nitrogens with zero attached hydrogens (tertiary/aromatic N) is 2. The summed E-state index contributed by atoms with van der Waals surface area (Å²) in [7, 11) is -2.22. The number of sulfonamides is 1. The van der Waals surface area contributed by atoms with Crippen LogP contribution < -0.4 is 9.04 Å². The molecule has 5 nitrogen and oxygen atoms in total. The molecule has 1 aromatic heterocycles. The third-order valence-electron chi connectivity index (χ3n) is 3.81. The van der Waals surface area contributed by atoms with Gasteiger partial charge >= 0.3 is 0 Å². The molecule has 0 amide bonds. The summed E-state index contributed by atoms with van der Waals surface area (Å²) in [5.74, 6) is 0.652. The van der Waals surface area contributed by atoms with E-state index in [1.54, 1.807) is 62.0 Å². The van der Waals surface area contributed by atoms with E-state index in [1.165, 1.54) is 16.4 Å². The molecule has 0 bridgehead atoms. The van der Waals surface area contributed by atoms with Crippen molar-refractivity contribution in [3.63, 3.8) is 0 Å². The summed E-state index contributed by atoms with van der Waals surface area (Å²) < 4.78 is 33.0. The number of benzene rings is 2. The highest BCUT2D eigenvalue weighted by Crippen LogP contribution is 2.28. The van der Waals surface area contributed by atoms with Crippen LogP contribution >= 0.6 is 11.6 Å². The Kier molecular flexibility index (Phi) is 5.44. The summed E-state index contributed by atoms with van der Waals surface area (Å²) in [5, 5.41) is 0.479. The lowest BCUT2D eigenvalue weighted by atomic mass is 10.2. The van der Waals surface area contributed by atoms with Crippen molar-refractivity contribution < 1.29 is 13.2 Å². The van der Waals surface area contributed by atoms with E-state index < -0.39 is 10.0 Å². The predicted molar refractivity (Wildman–Crippen MR) is 102 cm³/mol. The van der Waals surface area contributed by atoms with E-state index >= 15 is 0 Å². The minimum atomic E-state index is -3.78. The Balaban J connectivity index is 2.05. The fourth-order valence-electron chi connectivity index (χ4n) is 2.45. The quantitative estimate of drug-likeness (QED) is 0.636. The van der Waals surface area contributed by atoms with Gasteiger partial charge in [0.05, 0.1) is 24.2 Å². The van der Waals surface area contributed by atoms with E-state index in [4.69, 9.17) is 16.3 Å². The number of aromatic nitrogens is 1. The number of anilines is 1. The lowest BCUT2D eigenvalue weighted by Gasteiger charge is -2.25. The second-order valence-corrected chi connectivity index (χ2v) is 7.82. The van der Waals surface area contributed by atoms with Crippen LogP contribution in [0.1, 0.15) is 5.56 Å². The largest absolute Gasteiger partial charge is 0.497 e. The third-order valence-corrected chi connectivity index (χ3v) is 5.85. The van der Waals surface area contributed by atoms with Gasteiger partial charge < -0.3 is 4.74 Å². The fourth-order valence-corrected chi connectivity index (χ4v) is 4.03. The average Bonchev–Trinajstić information content (AvgIpc) is 2.67. The predicted octanol–water partition coefficient (Wildman–Crippen LogP) is 4.14. The Bertz CT molecular complexity index is 960. The topological polar surface area (TPSA) is 59.5 Å². The summed E-state index contributed by atoms with van der Waals surface area (Å²) in [5.41, 5.74) is 1.31. The van der Waals surface area contributed by atoms with Crippen LogP contribution in [0.25, 0.3) is 0 Å². The first-order valence-electron chi connectivity index (χ1n) is 7.82. The number of hydrogen-bond acceptors (Lipinski definition) is 4. The van der Waals surface area contributed by atoms with E-state index in [-0.39, 0.29) is 11.4 Å². The number of methoxy groups -OCH3 is 1. The highest BCUT2D eigenvalue weighted by Gasteiger charge is 2.25. The summed E-state index contributed by atoms with van der Waals surface area (Å²) in [6, 6.07) is 16.6. The van der Waals surface area contributed by atoms with Crippen molar-refractivity contribution in [1.82, 2.24) is 4.98 Å².